The molecule has 0 unspecified atom stereocenters. The predicted octanol–water partition coefficient (Wildman–Crippen LogP) is 4.08. The molecule has 0 fully saturated rings. The standard InChI is InChI=1S/C30H31FN2O7S.C2H3NO/c1-6-39-27(35)24-18(2)23-25(34)33(30(3,4)28(36)40-17-19-10-8-7-9-11-19)29(37)32(26(23)41-24)15-14-20-16-21(31)12-13-22(20)38-5;3-1-2-4/h7-13,16H,6,14-15,17H2,1-5H3;4H,2H2. The summed E-state index contributed by atoms with van der Waals surface area (Å²) in [6.07, 6.45) is 0.165. The smallest absolute Gasteiger partial charge is 0.348 e. The van der Waals surface area contributed by atoms with Gasteiger partial charge in [-0.2, -0.15) is 5.26 Å². The third kappa shape index (κ3) is 7.65. The number of esters is 2. The lowest BCUT2D eigenvalue weighted by molar-refractivity contribution is -0.154. The Morgan fingerprint density at radius 1 is 1.11 bits per heavy atom. The number of nitriles is 1. The van der Waals surface area contributed by atoms with Gasteiger partial charge in [0, 0.05) is 6.54 Å². The molecule has 0 radical (unpaired) electrons. The Bertz CT molecular complexity index is 1840. The number of benzene rings is 2. The molecule has 0 spiro atoms. The van der Waals surface area contributed by atoms with Gasteiger partial charge in [0.15, 0.2) is 0 Å². The number of aliphatic hydroxyl groups excluding tert-OH is 1. The summed E-state index contributed by atoms with van der Waals surface area (Å²) in [7, 11) is 1.46. The number of carbonyl (C=O) groups is 2. The number of hydrogen-bond donors (Lipinski definition) is 1. The number of ether oxygens (including phenoxy) is 3. The summed E-state index contributed by atoms with van der Waals surface area (Å²) >= 11 is 0.964. The number of aromatic nitrogens is 2. The zero-order valence-electron chi connectivity index (χ0n) is 25.6. The highest BCUT2D eigenvalue weighted by Crippen LogP contribution is 2.30. The Hall–Kier alpha value is -4.80. The van der Waals surface area contributed by atoms with Crippen LogP contribution >= 0.6 is 11.3 Å². The first-order valence-electron chi connectivity index (χ1n) is 13.9. The van der Waals surface area contributed by atoms with Crippen molar-refractivity contribution in [3.8, 4) is 11.8 Å². The maximum Gasteiger partial charge on any atom is 0.348 e. The average molecular weight is 640 g/mol. The van der Waals surface area contributed by atoms with Crippen molar-refractivity contribution >= 4 is 33.5 Å². The van der Waals surface area contributed by atoms with Gasteiger partial charge in [-0.1, -0.05) is 30.3 Å². The molecule has 1 N–H and O–H groups in total. The minimum absolute atomic E-state index is 0.00673. The van der Waals surface area contributed by atoms with E-state index in [9.17, 15) is 23.6 Å². The van der Waals surface area contributed by atoms with Crippen molar-refractivity contribution in [3.63, 3.8) is 0 Å². The van der Waals surface area contributed by atoms with E-state index in [-0.39, 0.29) is 47.9 Å². The molecule has 0 bridgehead atoms. The lowest BCUT2D eigenvalue weighted by atomic mass is 10.0. The molecule has 0 aliphatic rings. The van der Waals surface area contributed by atoms with Crippen molar-refractivity contribution in [3.05, 3.63) is 96.8 Å². The highest BCUT2D eigenvalue weighted by Gasteiger charge is 2.37. The molecule has 0 saturated carbocycles. The first kappa shape index (κ1) is 34.7. The normalized spacial score (nSPS) is 10.9. The zero-order valence-corrected chi connectivity index (χ0v) is 26.4. The summed E-state index contributed by atoms with van der Waals surface area (Å²) in [5.41, 5.74) is -1.60. The Morgan fingerprint density at radius 2 is 1.78 bits per heavy atom. The van der Waals surface area contributed by atoms with Crippen LogP contribution in [0.1, 0.15) is 47.1 Å². The number of halogens is 1. The van der Waals surface area contributed by atoms with Crippen molar-refractivity contribution in [2.75, 3.05) is 20.3 Å². The average Bonchev–Trinajstić information content (AvgIpc) is 3.37. The summed E-state index contributed by atoms with van der Waals surface area (Å²) in [6, 6.07) is 14.6. The molecule has 13 heteroatoms. The van der Waals surface area contributed by atoms with E-state index in [1.54, 1.807) is 38.1 Å². The molecule has 0 atom stereocenters. The Balaban J connectivity index is 0.00000130. The SMILES string of the molecule is CCOC(=O)c1sc2c(c1C)c(=O)n(C(C)(C)C(=O)OCc1ccccc1)c(=O)n2CCc1cc(F)ccc1OC.N#CCO. The maximum absolute atomic E-state index is 14.0. The number of aliphatic hydroxyl groups is 1. The molecule has 4 rings (SSSR count). The highest BCUT2D eigenvalue weighted by atomic mass is 32.1. The molecule has 0 amide bonds. The summed E-state index contributed by atoms with van der Waals surface area (Å²) < 4.78 is 32.3. The van der Waals surface area contributed by atoms with E-state index in [2.05, 4.69) is 0 Å². The summed E-state index contributed by atoms with van der Waals surface area (Å²) in [5.74, 6) is -1.44. The van der Waals surface area contributed by atoms with E-state index in [4.69, 9.17) is 24.6 Å². The van der Waals surface area contributed by atoms with E-state index < -0.39 is 34.5 Å². The van der Waals surface area contributed by atoms with Crippen LogP contribution in [0.4, 0.5) is 4.39 Å². The van der Waals surface area contributed by atoms with Gasteiger partial charge in [0.05, 0.1) is 25.2 Å². The van der Waals surface area contributed by atoms with Gasteiger partial charge in [0.1, 0.15) is 40.0 Å². The second kappa shape index (κ2) is 15.3. The van der Waals surface area contributed by atoms with Gasteiger partial charge in [0.25, 0.3) is 5.56 Å². The van der Waals surface area contributed by atoms with Gasteiger partial charge in [-0.25, -0.2) is 23.3 Å². The van der Waals surface area contributed by atoms with Crippen molar-refractivity contribution in [1.82, 2.24) is 9.13 Å². The third-order valence-electron chi connectivity index (χ3n) is 6.86. The van der Waals surface area contributed by atoms with Crippen LogP contribution in [-0.2, 0) is 39.4 Å². The number of nitrogens with zero attached hydrogens (tertiary/aromatic N) is 3. The van der Waals surface area contributed by atoms with Crippen LogP contribution in [0.25, 0.3) is 10.2 Å². The number of carbonyl (C=O) groups excluding carboxylic acids is 2. The van der Waals surface area contributed by atoms with E-state index >= 15 is 0 Å². The number of hydrogen-bond acceptors (Lipinski definition) is 10. The van der Waals surface area contributed by atoms with E-state index in [0.29, 0.717) is 16.9 Å². The van der Waals surface area contributed by atoms with Crippen LogP contribution < -0.4 is 16.0 Å². The van der Waals surface area contributed by atoms with E-state index in [0.717, 1.165) is 21.5 Å². The van der Waals surface area contributed by atoms with Crippen molar-refractivity contribution in [2.45, 2.75) is 52.8 Å². The van der Waals surface area contributed by atoms with Gasteiger partial charge >= 0.3 is 17.6 Å². The number of thiophene rings is 1. The van der Waals surface area contributed by atoms with Gasteiger partial charge < -0.3 is 19.3 Å². The molecule has 0 saturated heterocycles. The molecule has 4 aromatic rings. The minimum Gasteiger partial charge on any atom is -0.496 e. The van der Waals surface area contributed by atoms with E-state index in [1.807, 2.05) is 6.07 Å². The molecule has 2 heterocycles. The molecule has 238 valence electrons. The molecular weight excluding hydrogens is 605 g/mol. The summed E-state index contributed by atoms with van der Waals surface area (Å²) in [5, 5.41) is 15.0. The Morgan fingerprint density at radius 3 is 2.38 bits per heavy atom. The highest BCUT2D eigenvalue weighted by molar-refractivity contribution is 7.20. The van der Waals surface area contributed by atoms with Gasteiger partial charge in [-0.3, -0.25) is 9.36 Å². The zero-order chi connectivity index (χ0) is 33.3. The second-order valence-electron chi connectivity index (χ2n) is 10.2. The van der Waals surface area contributed by atoms with E-state index in [1.165, 1.54) is 49.8 Å². The molecule has 45 heavy (non-hydrogen) atoms. The number of methoxy groups -OCH3 is 1. The maximum atomic E-state index is 14.0. The van der Waals surface area contributed by atoms with Crippen LogP contribution in [0.3, 0.4) is 0 Å². The quantitative estimate of drug-likeness (QED) is 0.200. The van der Waals surface area contributed by atoms with Crippen LogP contribution in [0, 0.1) is 24.1 Å². The largest absolute Gasteiger partial charge is 0.496 e. The molecule has 2 aromatic heterocycles. The van der Waals surface area contributed by atoms with Crippen molar-refractivity contribution < 1.29 is 33.3 Å². The molecular formula is C32H34FN3O8S. The fraction of sp³-hybridized carbons (Fsp3) is 0.344. The van der Waals surface area contributed by atoms with Crippen molar-refractivity contribution in [2.24, 2.45) is 0 Å². The second-order valence-corrected chi connectivity index (χ2v) is 11.2. The Labute approximate surface area is 262 Å². The first-order valence-corrected chi connectivity index (χ1v) is 14.7. The van der Waals surface area contributed by atoms with Crippen LogP contribution in [0.2, 0.25) is 0 Å². The molecule has 11 nitrogen and oxygen atoms in total. The predicted molar refractivity (Wildman–Crippen MR) is 166 cm³/mol. The summed E-state index contributed by atoms with van der Waals surface area (Å²) in [6.45, 7) is 5.85. The third-order valence-corrected chi connectivity index (χ3v) is 8.16. The topological polar surface area (TPSA) is 150 Å². The van der Waals surface area contributed by atoms with Crippen LogP contribution in [-0.4, -0.2) is 46.5 Å². The number of fused-ring (bicyclic) bond motifs is 1. The molecule has 0 aliphatic carbocycles. The summed E-state index contributed by atoms with van der Waals surface area (Å²) in [4.78, 5) is 54.3. The number of aryl methyl sites for hydroxylation is 3. The van der Waals surface area contributed by atoms with Gasteiger partial charge in [-0.15, -0.1) is 11.3 Å². The van der Waals surface area contributed by atoms with Gasteiger partial charge in [0.2, 0.25) is 0 Å². The minimum atomic E-state index is -1.70. The lowest BCUT2D eigenvalue weighted by Crippen LogP contribution is -2.53. The fourth-order valence-corrected chi connectivity index (χ4v) is 5.81. The lowest BCUT2D eigenvalue weighted by Gasteiger charge is -2.26. The first-order chi connectivity index (χ1) is 21.4. The number of rotatable bonds is 10. The Kier molecular flexibility index (Phi) is 11.8. The fourth-order valence-electron chi connectivity index (χ4n) is 4.59. The molecule has 0 aliphatic heterocycles. The van der Waals surface area contributed by atoms with Crippen molar-refractivity contribution in [1.29, 1.82) is 5.26 Å². The van der Waals surface area contributed by atoms with Crippen LogP contribution in [0.15, 0.2) is 58.1 Å². The monoisotopic (exact) mass is 639 g/mol. The van der Waals surface area contributed by atoms with Gasteiger partial charge in [-0.05, 0) is 69.0 Å². The van der Waals surface area contributed by atoms with Crippen LogP contribution in [0.5, 0.6) is 5.75 Å². The molecule has 2 aromatic carbocycles.